The van der Waals surface area contributed by atoms with Gasteiger partial charge in [0.1, 0.15) is 12.4 Å². The topological polar surface area (TPSA) is 120 Å². The molecule has 3 aromatic rings. The van der Waals surface area contributed by atoms with Crippen molar-refractivity contribution in [2.75, 3.05) is 13.3 Å². The van der Waals surface area contributed by atoms with Crippen molar-refractivity contribution in [3.8, 4) is 16.9 Å². The van der Waals surface area contributed by atoms with E-state index in [1.165, 1.54) is 24.3 Å². The Balaban J connectivity index is 1.24. The Morgan fingerprint density at radius 3 is 2.00 bits per heavy atom. The molecule has 0 fully saturated rings. The number of alkyl carbamates (subject to hydrolysis) is 1. The summed E-state index contributed by atoms with van der Waals surface area (Å²) in [5.74, 6) is 0.0717. The summed E-state index contributed by atoms with van der Waals surface area (Å²) in [5.41, 5.74) is 4.35. The largest absolute Gasteiger partial charge is 0.449 e. The Bertz CT molecular complexity index is 1120. The Kier molecular flexibility index (Phi) is 5.98. The summed E-state index contributed by atoms with van der Waals surface area (Å²) in [6.45, 7) is -0.0460. The number of non-ortho nitro benzene ring substituents is 1. The highest BCUT2D eigenvalue weighted by molar-refractivity contribution is 5.79. The quantitative estimate of drug-likeness (QED) is 0.342. The van der Waals surface area contributed by atoms with Crippen LogP contribution in [0.15, 0.2) is 72.8 Å². The van der Waals surface area contributed by atoms with Crippen LogP contribution in [0.25, 0.3) is 11.1 Å². The van der Waals surface area contributed by atoms with Crippen LogP contribution in [0.4, 0.5) is 15.3 Å². The minimum atomic E-state index is -0.821. The molecular formula is C23H19N3O6. The number of benzene rings is 3. The van der Waals surface area contributed by atoms with Gasteiger partial charge < -0.3 is 20.1 Å². The number of nitrogens with one attached hydrogen (secondary N) is 2. The maximum absolute atomic E-state index is 12.1. The van der Waals surface area contributed by atoms with Crippen LogP contribution in [-0.2, 0) is 4.74 Å². The first-order valence-electron chi connectivity index (χ1n) is 9.82. The van der Waals surface area contributed by atoms with E-state index in [2.05, 4.69) is 22.8 Å². The first kappa shape index (κ1) is 20.9. The number of carbonyl (C=O) groups is 2. The van der Waals surface area contributed by atoms with E-state index >= 15 is 0 Å². The number of amides is 2. The summed E-state index contributed by atoms with van der Waals surface area (Å²) in [6.07, 6.45) is -1.50. The number of rotatable bonds is 6. The fourth-order valence-corrected chi connectivity index (χ4v) is 3.62. The molecule has 0 aromatic heterocycles. The molecule has 9 heteroatoms. The molecule has 162 valence electrons. The summed E-state index contributed by atoms with van der Waals surface area (Å²) >= 11 is 0. The number of carbonyl (C=O) groups excluding carboxylic acids is 2. The summed E-state index contributed by atoms with van der Waals surface area (Å²) in [7, 11) is 0. The number of nitro groups is 1. The van der Waals surface area contributed by atoms with E-state index < -0.39 is 17.1 Å². The van der Waals surface area contributed by atoms with Crippen molar-refractivity contribution < 1.29 is 24.0 Å². The molecule has 0 atom stereocenters. The molecule has 1 aliphatic rings. The lowest BCUT2D eigenvalue weighted by Crippen LogP contribution is -2.39. The molecule has 2 N–H and O–H groups in total. The van der Waals surface area contributed by atoms with Crippen LogP contribution in [-0.4, -0.2) is 30.4 Å². The molecule has 32 heavy (non-hydrogen) atoms. The van der Waals surface area contributed by atoms with Crippen LogP contribution in [0.2, 0.25) is 0 Å². The zero-order chi connectivity index (χ0) is 22.5. The summed E-state index contributed by atoms with van der Waals surface area (Å²) < 4.78 is 10.4. The average Bonchev–Trinajstić information content (AvgIpc) is 3.12. The third-order valence-electron chi connectivity index (χ3n) is 5.07. The van der Waals surface area contributed by atoms with Crippen molar-refractivity contribution in [3.05, 3.63) is 94.0 Å². The van der Waals surface area contributed by atoms with Crippen molar-refractivity contribution in [2.45, 2.75) is 5.92 Å². The van der Waals surface area contributed by atoms with Crippen LogP contribution in [0.3, 0.4) is 0 Å². The molecule has 1 aliphatic carbocycles. The fraction of sp³-hybridized carbons (Fsp3) is 0.130. The van der Waals surface area contributed by atoms with E-state index in [1.807, 2.05) is 36.4 Å². The lowest BCUT2D eigenvalue weighted by atomic mass is 9.98. The van der Waals surface area contributed by atoms with Gasteiger partial charge in [-0.25, -0.2) is 9.59 Å². The Labute approximate surface area is 183 Å². The van der Waals surface area contributed by atoms with Crippen molar-refractivity contribution in [2.24, 2.45) is 0 Å². The van der Waals surface area contributed by atoms with Gasteiger partial charge in [-0.15, -0.1) is 0 Å². The zero-order valence-corrected chi connectivity index (χ0v) is 16.8. The number of nitrogens with zero attached hydrogens (tertiary/aromatic N) is 1. The smallest absolute Gasteiger partial charge is 0.413 e. The van der Waals surface area contributed by atoms with E-state index in [4.69, 9.17) is 9.47 Å². The van der Waals surface area contributed by atoms with Crippen LogP contribution in [0, 0.1) is 10.1 Å². The number of hydrogen-bond donors (Lipinski definition) is 2. The standard InChI is InChI=1S/C23H19N3O6/c27-22(24-14-25-23(28)32-16-11-9-15(10-12-16)26(29)30)31-13-21-19-7-3-1-5-17(19)18-6-2-4-8-20(18)21/h1-12,21H,13-14H2,(H,24,27)(H,25,28). The molecule has 0 saturated heterocycles. The van der Waals surface area contributed by atoms with Crippen molar-refractivity contribution in [1.29, 1.82) is 0 Å². The van der Waals surface area contributed by atoms with E-state index in [-0.39, 0.29) is 30.6 Å². The fourth-order valence-electron chi connectivity index (χ4n) is 3.62. The molecule has 0 bridgehead atoms. The molecule has 2 amide bonds. The van der Waals surface area contributed by atoms with E-state index in [0.29, 0.717) is 0 Å². The number of nitro benzene ring substituents is 1. The van der Waals surface area contributed by atoms with Gasteiger partial charge in [0.05, 0.1) is 11.6 Å². The number of ether oxygens (including phenoxy) is 2. The Hall–Kier alpha value is -4.40. The van der Waals surface area contributed by atoms with Gasteiger partial charge in [-0.1, -0.05) is 48.5 Å². The minimum absolute atomic E-state index is 0.0618. The van der Waals surface area contributed by atoms with E-state index in [9.17, 15) is 19.7 Å². The maximum Gasteiger partial charge on any atom is 0.413 e. The molecule has 0 heterocycles. The van der Waals surface area contributed by atoms with Crippen LogP contribution < -0.4 is 15.4 Å². The lowest BCUT2D eigenvalue weighted by Gasteiger charge is -2.14. The van der Waals surface area contributed by atoms with Gasteiger partial charge in [0.15, 0.2) is 0 Å². The monoisotopic (exact) mass is 433 g/mol. The molecule has 0 spiro atoms. The third kappa shape index (κ3) is 4.51. The molecule has 0 saturated carbocycles. The van der Waals surface area contributed by atoms with Gasteiger partial charge in [-0.05, 0) is 34.4 Å². The highest BCUT2D eigenvalue weighted by Gasteiger charge is 2.28. The number of hydrogen-bond acceptors (Lipinski definition) is 6. The van der Waals surface area contributed by atoms with Crippen LogP contribution >= 0.6 is 0 Å². The molecule has 0 radical (unpaired) electrons. The molecular weight excluding hydrogens is 414 g/mol. The van der Waals surface area contributed by atoms with Gasteiger partial charge in [0.25, 0.3) is 5.69 Å². The summed E-state index contributed by atoms with van der Waals surface area (Å²) in [6, 6.07) is 21.1. The first-order chi connectivity index (χ1) is 15.5. The highest BCUT2D eigenvalue weighted by Crippen LogP contribution is 2.44. The molecule has 0 unspecified atom stereocenters. The van der Waals surface area contributed by atoms with Gasteiger partial charge in [0, 0.05) is 18.1 Å². The van der Waals surface area contributed by atoms with Gasteiger partial charge in [0.2, 0.25) is 0 Å². The van der Waals surface area contributed by atoms with Gasteiger partial charge in [-0.3, -0.25) is 10.1 Å². The van der Waals surface area contributed by atoms with Gasteiger partial charge in [-0.2, -0.15) is 0 Å². The SMILES string of the molecule is O=C(NCNC(=O)Oc1ccc([N+](=O)[O-])cc1)OCC1c2ccccc2-c2ccccc21. The first-order valence-corrected chi connectivity index (χ1v) is 9.82. The highest BCUT2D eigenvalue weighted by atomic mass is 16.6. The third-order valence-corrected chi connectivity index (χ3v) is 5.07. The molecule has 4 rings (SSSR count). The predicted octanol–water partition coefficient (Wildman–Crippen LogP) is 4.18. The van der Waals surface area contributed by atoms with Crippen LogP contribution in [0.5, 0.6) is 5.75 Å². The van der Waals surface area contributed by atoms with E-state index in [0.717, 1.165) is 22.3 Å². The van der Waals surface area contributed by atoms with E-state index in [1.54, 1.807) is 0 Å². The normalized spacial score (nSPS) is 11.8. The second-order valence-electron chi connectivity index (χ2n) is 7.00. The van der Waals surface area contributed by atoms with Crippen LogP contribution in [0.1, 0.15) is 17.0 Å². The van der Waals surface area contributed by atoms with Crippen molar-refractivity contribution in [1.82, 2.24) is 10.6 Å². The maximum atomic E-state index is 12.1. The average molecular weight is 433 g/mol. The molecule has 0 aliphatic heterocycles. The predicted molar refractivity (Wildman–Crippen MR) is 115 cm³/mol. The molecule has 9 nitrogen and oxygen atoms in total. The van der Waals surface area contributed by atoms with Gasteiger partial charge >= 0.3 is 12.2 Å². The summed E-state index contributed by atoms with van der Waals surface area (Å²) in [4.78, 5) is 33.9. The summed E-state index contributed by atoms with van der Waals surface area (Å²) in [5, 5.41) is 15.4. The Morgan fingerprint density at radius 1 is 0.844 bits per heavy atom. The second kappa shape index (κ2) is 9.17. The van der Waals surface area contributed by atoms with Crippen molar-refractivity contribution in [3.63, 3.8) is 0 Å². The minimum Gasteiger partial charge on any atom is -0.449 e. The van der Waals surface area contributed by atoms with Crippen molar-refractivity contribution >= 4 is 17.9 Å². The Morgan fingerprint density at radius 2 is 1.41 bits per heavy atom. The number of fused-ring (bicyclic) bond motifs is 3. The zero-order valence-electron chi connectivity index (χ0n) is 16.8. The molecule has 3 aromatic carbocycles. The second-order valence-corrected chi connectivity index (χ2v) is 7.00. The lowest BCUT2D eigenvalue weighted by molar-refractivity contribution is -0.384.